The number of azide groups is 1. The molecular weight excluding hydrogens is 162 g/mol. The molecule has 0 heterocycles. The molecule has 0 bridgehead atoms. The third-order valence-electron chi connectivity index (χ3n) is 1.03. The molecule has 0 fully saturated rings. The van der Waals surface area contributed by atoms with E-state index in [0.717, 1.165) is 6.08 Å². The minimum Gasteiger partial charge on any atom is -0.501 e. The molecule has 0 aromatic carbocycles. The van der Waals surface area contributed by atoms with E-state index in [-0.39, 0.29) is 12.3 Å². The van der Waals surface area contributed by atoms with Crippen molar-refractivity contribution in [2.75, 3.05) is 20.8 Å². The number of nitrogens with zero attached hydrogens (tertiary/aromatic N) is 3. The normalized spacial score (nSPS) is 10.0. The molecule has 12 heavy (non-hydrogen) atoms. The van der Waals surface area contributed by atoms with Crippen LogP contribution < -0.4 is 0 Å². The Balaban J connectivity index is 4.21. The Morgan fingerprint density at radius 1 is 1.58 bits per heavy atom. The lowest BCUT2D eigenvalue weighted by Gasteiger charge is -2.00. The number of hydrogen-bond acceptors (Lipinski definition) is 4. The number of rotatable bonds is 4. The first kappa shape index (κ1) is 10.3. The van der Waals surface area contributed by atoms with Gasteiger partial charge in [-0.1, -0.05) is 5.11 Å². The fraction of sp³-hybridized carbons (Fsp3) is 0.500. The maximum atomic E-state index is 10.6. The monoisotopic (exact) mass is 171 g/mol. The lowest BCUT2D eigenvalue weighted by atomic mass is 10.4. The molecule has 0 aromatic rings. The highest BCUT2D eigenvalue weighted by Gasteiger charge is 1.99. The van der Waals surface area contributed by atoms with Crippen molar-refractivity contribution in [1.29, 1.82) is 0 Å². The van der Waals surface area contributed by atoms with Crippen molar-refractivity contribution in [1.82, 2.24) is 0 Å². The summed E-state index contributed by atoms with van der Waals surface area (Å²) in [7, 11) is 2.63. The maximum Gasteiger partial charge on any atom is 0.333 e. The van der Waals surface area contributed by atoms with Crippen LogP contribution in [0.25, 0.3) is 10.4 Å². The second kappa shape index (κ2) is 6.06. The molecule has 0 aliphatic heterocycles. The van der Waals surface area contributed by atoms with Gasteiger partial charge in [0.05, 0.1) is 26.8 Å². The second-order valence-electron chi connectivity index (χ2n) is 1.73. The molecule has 0 amide bonds. The average molecular weight is 171 g/mol. The molecule has 0 rings (SSSR count). The second-order valence-corrected chi connectivity index (χ2v) is 1.73. The summed E-state index contributed by atoms with van der Waals surface area (Å²) in [5.74, 6) is -0.278. The van der Waals surface area contributed by atoms with Gasteiger partial charge in [0.15, 0.2) is 0 Å². The first-order valence-corrected chi connectivity index (χ1v) is 3.08. The van der Waals surface area contributed by atoms with Crippen LogP contribution in [0.1, 0.15) is 0 Å². The molecule has 0 saturated heterocycles. The van der Waals surface area contributed by atoms with Gasteiger partial charge in [-0.3, -0.25) is 0 Å². The van der Waals surface area contributed by atoms with Crippen LogP contribution in [0.3, 0.4) is 0 Å². The summed E-state index contributed by atoms with van der Waals surface area (Å²) in [5, 5.41) is 3.21. The molecule has 0 aromatic heterocycles. The van der Waals surface area contributed by atoms with Crippen LogP contribution in [0.4, 0.5) is 0 Å². The third kappa shape index (κ3) is 4.19. The van der Waals surface area contributed by atoms with Gasteiger partial charge in [0.1, 0.15) is 5.76 Å². The Bertz CT molecular complexity index is 230. The quantitative estimate of drug-likeness (QED) is 0.158. The fourth-order valence-corrected chi connectivity index (χ4v) is 0.461. The summed E-state index contributed by atoms with van der Waals surface area (Å²) in [6.07, 6.45) is 1.12. The summed E-state index contributed by atoms with van der Waals surface area (Å²) in [6, 6.07) is 0. The van der Waals surface area contributed by atoms with Crippen molar-refractivity contribution < 1.29 is 14.3 Å². The molecule has 0 saturated carbocycles. The molecular formula is C6H9N3O3. The summed E-state index contributed by atoms with van der Waals surface area (Å²) in [6.45, 7) is 0.00208. The Morgan fingerprint density at radius 3 is 2.67 bits per heavy atom. The molecule has 0 atom stereocenters. The summed E-state index contributed by atoms with van der Waals surface area (Å²) >= 11 is 0. The molecule has 66 valence electrons. The van der Waals surface area contributed by atoms with E-state index in [1.165, 1.54) is 14.2 Å². The number of carbonyl (C=O) groups excluding carboxylic acids is 1. The van der Waals surface area contributed by atoms with Crippen LogP contribution in [-0.2, 0) is 14.3 Å². The lowest BCUT2D eigenvalue weighted by Crippen LogP contribution is -2.00. The zero-order valence-corrected chi connectivity index (χ0v) is 6.85. The van der Waals surface area contributed by atoms with Gasteiger partial charge >= 0.3 is 5.97 Å². The number of carbonyl (C=O) groups is 1. The number of hydrogen-bond donors (Lipinski definition) is 0. The Hall–Kier alpha value is -1.68. The zero-order chi connectivity index (χ0) is 9.40. The summed E-state index contributed by atoms with van der Waals surface area (Å²) in [5.41, 5.74) is 7.96. The van der Waals surface area contributed by atoms with Gasteiger partial charge < -0.3 is 9.47 Å². The van der Waals surface area contributed by atoms with Gasteiger partial charge in [0, 0.05) is 4.91 Å². The van der Waals surface area contributed by atoms with Crippen molar-refractivity contribution in [2.24, 2.45) is 5.11 Å². The third-order valence-corrected chi connectivity index (χ3v) is 1.03. The van der Waals surface area contributed by atoms with E-state index in [0.29, 0.717) is 0 Å². The van der Waals surface area contributed by atoms with Crippen LogP contribution in [0.2, 0.25) is 0 Å². The van der Waals surface area contributed by atoms with E-state index in [1.54, 1.807) is 0 Å². The first-order chi connectivity index (χ1) is 5.74. The van der Waals surface area contributed by atoms with Gasteiger partial charge in [-0.2, -0.15) is 0 Å². The Morgan fingerprint density at radius 2 is 2.25 bits per heavy atom. The van der Waals surface area contributed by atoms with E-state index >= 15 is 0 Å². The van der Waals surface area contributed by atoms with Gasteiger partial charge in [0.25, 0.3) is 0 Å². The molecule has 0 aliphatic rings. The highest BCUT2D eigenvalue weighted by Crippen LogP contribution is 1.96. The summed E-state index contributed by atoms with van der Waals surface area (Å²) in [4.78, 5) is 13.1. The molecule has 0 unspecified atom stereocenters. The molecule has 0 aliphatic carbocycles. The van der Waals surface area contributed by atoms with Crippen molar-refractivity contribution in [2.45, 2.75) is 0 Å². The molecule has 6 heteroatoms. The standard InChI is InChI=1S/C6H9N3O3/c1-11-5(4-8-9-7)3-6(10)12-2/h3H,4H2,1-2H3. The minimum absolute atomic E-state index is 0.00208. The number of methoxy groups -OCH3 is 2. The zero-order valence-electron chi connectivity index (χ0n) is 6.85. The Kier molecular flexibility index (Phi) is 5.21. The van der Waals surface area contributed by atoms with Crippen LogP contribution in [0.15, 0.2) is 16.9 Å². The van der Waals surface area contributed by atoms with E-state index in [1.807, 2.05) is 0 Å². The lowest BCUT2D eigenvalue weighted by molar-refractivity contribution is -0.135. The van der Waals surface area contributed by atoms with Crippen molar-refractivity contribution >= 4 is 5.97 Å². The topological polar surface area (TPSA) is 84.3 Å². The first-order valence-electron chi connectivity index (χ1n) is 3.08. The van der Waals surface area contributed by atoms with Gasteiger partial charge in [0.2, 0.25) is 0 Å². The van der Waals surface area contributed by atoms with E-state index in [9.17, 15) is 4.79 Å². The van der Waals surface area contributed by atoms with Gasteiger partial charge in [-0.15, -0.1) is 0 Å². The largest absolute Gasteiger partial charge is 0.501 e. The highest BCUT2D eigenvalue weighted by atomic mass is 16.5. The van der Waals surface area contributed by atoms with Crippen molar-refractivity contribution in [3.63, 3.8) is 0 Å². The molecule has 0 spiro atoms. The maximum absolute atomic E-state index is 10.6. The number of esters is 1. The van der Waals surface area contributed by atoms with Gasteiger partial charge in [-0.25, -0.2) is 4.79 Å². The van der Waals surface area contributed by atoms with E-state index < -0.39 is 5.97 Å². The smallest absolute Gasteiger partial charge is 0.333 e. The van der Waals surface area contributed by atoms with Gasteiger partial charge in [-0.05, 0) is 5.53 Å². The predicted molar refractivity (Wildman–Crippen MR) is 41.1 cm³/mol. The SMILES string of the molecule is COC(=O)C=C(CN=[N+]=[N-])OC. The average Bonchev–Trinajstić information content (AvgIpc) is 2.11. The Labute approximate surface area is 69.4 Å². The van der Waals surface area contributed by atoms with Crippen molar-refractivity contribution in [3.05, 3.63) is 22.3 Å². The van der Waals surface area contributed by atoms with Crippen molar-refractivity contribution in [3.8, 4) is 0 Å². The van der Waals surface area contributed by atoms with Crippen LogP contribution in [0.5, 0.6) is 0 Å². The predicted octanol–water partition coefficient (Wildman–Crippen LogP) is 1.00. The highest BCUT2D eigenvalue weighted by molar-refractivity contribution is 5.82. The van der Waals surface area contributed by atoms with E-state index in [4.69, 9.17) is 10.3 Å². The molecule has 6 nitrogen and oxygen atoms in total. The van der Waals surface area contributed by atoms with E-state index in [2.05, 4.69) is 14.8 Å². The summed E-state index contributed by atoms with van der Waals surface area (Å²) < 4.78 is 9.05. The molecule has 0 radical (unpaired) electrons. The minimum atomic E-state index is -0.542. The van der Waals surface area contributed by atoms with Crippen LogP contribution in [-0.4, -0.2) is 26.7 Å². The van der Waals surface area contributed by atoms with Crippen LogP contribution in [0, 0.1) is 0 Å². The van der Waals surface area contributed by atoms with Crippen LogP contribution >= 0.6 is 0 Å². The fourth-order valence-electron chi connectivity index (χ4n) is 0.461. The molecule has 0 N–H and O–H groups in total. The number of ether oxygens (including phenoxy) is 2.